The molecule has 0 atom stereocenters. The number of hydrogen-bond donors (Lipinski definition) is 2. The van der Waals surface area contributed by atoms with Crippen LogP contribution in [0.1, 0.15) is 240 Å². The maximum Gasteiger partial charge on any atom is 0.251 e. The number of fused-ring (bicyclic) bond motifs is 2. The van der Waals surface area contributed by atoms with Crippen LogP contribution in [0.3, 0.4) is 0 Å². The summed E-state index contributed by atoms with van der Waals surface area (Å²) in [5.74, 6) is 1.46. The van der Waals surface area contributed by atoms with Crippen molar-refractivity contribution in [1.29, 1.82) is 0 Å². The fraction of sp³-hybridized carbons (Fsp3) is 0.613. The number of hydrogen-bond acceptors (Lipinski definition) is 4. The molecule has 2 N–H and O–H groups in total. The normalized spacial score (nSPS) is 11.3. The molecule has 0 radical (unpaired) electrons. The van der Waals surface area contributed by atoms with Crippen LogP contribution in [0.5, 0.6) is 11.5 Å². The van der Waals surface area contributed by atoms with Gasteiger partial charge in [-0.2, -0.15) is 0 Å². The van der Waals surface area contributed by atoms with Crippen LogP contribution in [0, 0.1) is 0 Å². The monoisotopic (exact) mass is 931 g/mol. The van der Waals surface area contributed by atoms with Gasteiger partial charge < -0.3 is 20.1 Å². The minimum absolute atomic E-state index is 0.0147. The molecule has 68 heavy (non-hydrogen) atoms. The molecular weight excluding hydrogens is 837 g/mol. The lowest BCUT2D eigenvalue weighted by molar-refractivity contribution is 0.0945. The van der Waals surface area contributed by atoms with E-state index in [9.17, 15) is 9.59 Å². The molecule has 0 unspecified atom stereocenters. The topological polar surface area (TPSA) is 76.7 Å². The van der Waals surface area contributed by atoms with E-state index in [1.807, 2.05) is 72.8 Å². The molecule has 0 saturated heterocycles. The summed E-state index contributed by atoms with van der Waals surface area (Å²) < 4.78 is 12.2. The minimum atomic E-state index is -0.0147. The Labute approximate surface area is 414 Å². The number of carbonyl (C=O) groups is 2. The van der Waals surface area contributed by atoms with Crippen LogP contribution >= 0.6 is 0 Å². The van der Waals surface area contributed by atoms with Gasteiger partial charge in [0.1, 0.15) is 24.7 Å². The first-order valence-electron chi connectivity index (χ1n) is 28.0. The van der Waals surface area contributed by atoms with Crippen LogP contribution in [0.2, 0.25) is 0 Å². The maximum absolute atomic E-state index is 12.9. The molecule has 0 aliphatic carbocycles. The van der Waals surface area contributed by atoms with Crippen LogP contribution in [0.25, 0.3) is 21.5 Å². The average Bonchev–Trinajstić information content (AvgIpc) is 3.36. The first-order chi connectivity index (χ1) is 33.5. The third kappa shape index (κ3) is 24.8. The summed E-state index contributed by atoms with van der Waals surface area (Å²) in [5, 5.41) is 10.3. The van der Waals surface area contributed by atoms with Gasteiger partial charge in [-0.1, -0.05) is 237 Å². The maximum atomic E-state index is 12.9. The van der Waals surface area contributed by atoms with Gasteiger partial charge in [0, 0.05) is 24.2 Å². The summed E-state index contributed by atoms with van der Waals surface area (Å²) in [5.41, 5.74) is 2.19. The Kier molecular flexibility index (Phi) is 30.3. The van der Waals surface area contributed by atoms with E-state index in [1.165, 1.54) is 193 Å². The Morgan fingerprint density at radius 1 is 0.368 bits per heavy atom. The Morgan fingerprint density at radius 3 is 0.941 bits per heavy atom. The van der Waals surface area contributed by atoms with Gasteiger partial charge in [-0.3, -0.25) is 9.59 Å². The van der Waals surface area contributed by atoms with E-state index < -0.39 is 0 Å². The molecular formula is C62H94N2O4. The third-order valence-corrected chi connectivity index (χ3v) is 13.7. The Bertz CT molecular complexity index is 1830. The van der Waals surface area contributed by atoms with Gasteiger partial charge in [-0.05, 0) is 88.5 Å². The molecule has 0 heterocycles. The summed E-state index contributed by atoms with van der Waals surface area (Å²) in [6.07, 6.45) is 43.0. The highest BCUT2D eigenvalue weighted by Crippen LogP contribution is 2.25. The van der Waals surface area contributed by atoms with E-state index in [1.54, 1.807) is 0 Å². The molecule has 6 heteroatoms. The molecule has 4 aromatic carbocycles. The number of carbonyl (C=O) groups excluding carboxylic acids is 2. The van der Waals surface area contributed by atoms with Crippen molar-refractivity contribution in [1.82, 2.24) is 10.6 Å². The first kappa shape index (κ1) is 56.3. The number of amides is 2. The van der Waals surface area contributed by atoms with Gasteiger partial charge in [-0.25, -0.2) is 0 Å². The number of benzene rings is 4. The molecule has 6 nitrogen and oxygen atoms in total. The van der Waals surface area contributed by atoms with Crippen molar-refractivity contribution in [3.05, 3.63) is 96.1 Å². The van der Waals surface area contributed by atoms with Crippen LogP contribution < -0.4 is 20.1 Å². The lowest BCUT2D eigenvalue weighted by Gasteiger charge is -2.12. The predicted octanol–water partition coefficient (Wildman–Crippen LogP) is 18.0. The standard InChI is InChI=1S/C62H94N2O4/c1-4-6-8-10-12-14-16-18-20-22-24-26-28-30-32-34-44-63-61(65)57-38-36-55-48-59(42-40-53(55)46-57)67-50-52(3)51-68-60-43-41-54-47-58(39-37-56(54)49-60)62(66)64-45-35-33-31-29-27-25-23-21-19-17-15-13-11-9-7-5-2/h36-43,46-49H,3-35,44-45,50-51H2,1-2H3,(H,63,65)(H,64,66). The molecule has 0 aromatic heterocycles. The molecule has 0 spiro atoms. The summed E-state index contributed by atoms with van der Waals surface area (Å²) in [6, 6.07) is 23.6. The molecule has 0 fully saturated rings. The molecule has 2 amide bonds. The fourth-order valence-electron chi connectivity index (χ4n) is 9.28. The van der Waals surface area contributed by atoms with Gasteiger partial charge in [-0.15, -0.1) is 0 Å². The summed E-state index contributed by atoms with van der Waals surface area (Å²) in [7, 11) is 0. The highest BCUT2D eigenvalue weighted by atomic mass is 16.5. The zero-order chi connectivity index (χ0) is 48.1. The van der Waals surface area contributed by atoms with Gasteiger partial charge >= 0.3 is 0 Å². The summed E-state index contributed by atoms with van der Waals surface area (Å²) in [6.45, 7) is 10.8. The molecule has 4 rings (SSSR count). The van der Waals surface area contributed by atoms with E-state index in [4.69, 9.17) is 9.47 Å². The molecule has 0 aliphatic heterocycles. The van der Waals surface area contributed by atoms with Gasteiger partial charge in [0.15, 0.2) is 0 Å². The Hall–Kier alpha value is -4.32. The van der Waals surface area contributed by atoms with Crippen molar-refractivity contribution in [2.24, 2.45) is 0 Å². The third-order valence-electron chi connectivity index (χ3n) is 13.7. The van der Waals surface area contributed by atoms with Gasteiger partial charge in [0.05, 0.1) is 0 Å². The Morgan fingerprint density at radius 2 is 0.632 bits per heavy atom. The summed E-state index contributed by atoms with van der Waals surface area (Å²) in [4.78, 5) is 25.8. The van der Waals surface area contributed by atoms with Gasteiger partial charge in [0.2, 0.25) is 0 Å². The van der Waals surface area contributed by atoms with E-state index in [2.05, 4.69) is 31.1 Å². The quantitative estimate of drug-likeness (QED) is 0.0343. The van der Waals surface area contributed by atoms with Crippen molar-refractivity contribution in [3.8, 4) is 11.5 Å². The van der Waals surface area contributed by atoms with Crippen LogP contribution in [-0.2, 0) is 0 Å². The molecule has 0 bridgehead atoms. The second-order valence-corrected chi connectivity index (χ2v) is 19.9. The van der Waals surface area contributed by atoms with E-state index in [-0.39, 0.29) is 11.8 Å². The SMILES string of the molecule is C=C(COc1ccc2cc(C(=O)NCCCCCCCCCCCCCCCCCC)ccc2c1)COc1ccc2cc(C(=O)NCCCCCCCCCCCCCCCCCC)ccc2c1. The smallest absolute Gasteiger partial charge is 0.251 e. The second kappa shape index (κ2) is 36.6. The average molecular weight is 931 g/mol. The highest BCUT2D eigenvalue weighted by molar-refractivity contribution is 5.99. The predicted molar refractivity (Wildman–Crippen MR) is 292 cm³/mol. The van der Waals surface area contributed by atoms with Crippen molar-refractivity contribution in [3.63, 3.8) is 0 Å². The van der Waals surface area contributed by atoms with Crippen molar-refractivity contribution in [2.75, 3.05) is 26.3 Å². The van der Waals surface area contributed by atoms with E-state index >= 15 is 0 Å². The Balaban J connectivity index is 1.01. The van der Waals surface area contributed by atoms with Gasteiger partial charge in [0.25, 0.3) is 11.8 Å². The van der Waals surface area contributed by atoms with Crippen LogP contribution in [-0.4, -0.2) is 38.1 Å². The number of nitrogens with one attached hydrogen (secondary N) is 2. The zero-order valence-corrected chi connectivity index (χ0v) is 43.2. The molecule has 376 valence electrons. The molecule has 4 aromatic rings. The fourth-order valence-corrected chi connectivity index (χ4v) is 9.28. The van der Waals surface area contributed by atoms with E-state index in [0.717, 1.165) is 64.5 Å². The van der Waals surface area contributed by atoms with Crippen LogP contribution in [0.15, 0.2) is 84.9 Å². The second-order valence-electron chi connectivity index (χ2n) is 19.9. The number of rotatable bonds is 42. The number of ether oxygens (including phenoxy) is 2. The molecule has 0 saturated carbocycles. The van der Waals surface area contributed by atoms with Crippen molar-refractivity contribution >= 4 is 33.4 Å². The van der Waals surface area contributed by atoms with Crippen LogP contribution in [0.4, 0.5) is 0 Å². The first-order valence-corrected chi connectivity index (χ1v) is 28.0. The lowest BCUT2D eigenvalue weighted by atomic mass is 10.0. The summed E-state index contributed by atoms with van der Waals surface area (Å²) >= 11 is 0. The largest absolute Gasteiger partial charge is 0.489 e. The van der Waals surface area contributed by atoms with Crippen molar-refractivity contribution in [2.45, 2.75) is 219 Å². The minimum Gasteiger partial charge on any atom is -0.489 e. The number of unbranched alkanes of at least 4 members (excludes halogenated alkanes) is 30. The molecule has 0 aliphatic rings. The highest BCUT2D eigenvalue weighted by Gasteiger charge is 2.10. The van der Waals surface area contributed by atoms with E-state index in [0.29, 0.717) is 24.3 Å². The lowest BCUT2D eigenvalue weighted by Crippen LogP contribution is -2.24. The zero-order valence-electron chi connectivity index (χ0n) is 43.2. The van der Waals surface area contributed by atoms with Crippen molar-refractivity contribution < 1.29 is 19.1 Å².